The van der Waals surface area contributed by atoms with Gasteiger partial charge in [0.25, 0.3) is 11.8 Å². The average Bonchev–Trinajstić information content (AvgIpc) is 2.71. The zero-order chi connectivity index (χ0) is 19.1. The summed E-state index contributed by atoms with van der Waals surface area (Å²) in [6.07, 6.45) is 0. The van der Waals surface area contributed by atoms with E-state index in [1.54, 1.807) is 60.7 Å². The highest BCUT2D eigenvalue weighted by Crippen LogP contribution is 2.17. The van der Waals surface area contributed by atoms with Crippen LogP contribution in [0.15, 0.2) is 78.9 Å². The molecule has 0 unspecified atom stereocenters. The molecular formula is C22H20N2O3. The molecule has 2 N–H and O–H groups in total. The van der Waals surface area contributed by atoms with Gasteiger partial charge in [-0.1, -0.05) is 18.2 Å². The van der Waals surface area contributed by atoms with Gasteiger partial charge in [0.15, 0.2) is 0 Å². The lowest BCUT2D eigenvalue weighted by Crippen LogP contribution is -2.13. The highest BCUT2D eigenvalue weighted by atomic mass is 16.5. The third kappa shape index (κ3) is 4.95. The number of carbonyl (C=O) groups excluding carboxylic acids is 2. The first-order valence-corrected chi connectivity index (χ1v) is 8.66. The van der Waals surface area contributed by atoms with Gasteiger partial charge in [0.1, 0.15) is 5.75 Å². The molecule has 0 aromatic heterocycles. The number of nitrogens with one attached hydrogen (secondary N) is 2. The third-order valence-corrected chi connectivity index (χ3v) is 3.86. The molecule has 0 fully saturated rings. The molecule has 0 saturated heterocycles. The molecule has 0 bridgehead atoms. The summed E-state index contributed by atoms with van der Waals surface area (Å²) in [5, 5.41) is 5.65. The Labute approximate surface area is 158 Å². The van der Waals surface area contributed by atoms with Crippen molar-refractivity contribution in [3.05, 3.63) is 90.0 Å². The summed E-state index contributed by atoms with van der Waals surface area (Å²) < 4.78 is 5.37. The number of amides is 2. The quantitative estimate of drug-likeness (QED) is 0.676. The van der Waals surface area contributed by atoms with Gasteiger partial charge in [0, 0.05) is 22.5 Å². The normalized spacial score (nSPS) is 10.1. The second-order valence-corrected chi connectivity index (χ2v) is 5.81. The van der Waals surface area contributed by atoms with Crippen LogP contribution in [0.5, 0.6) is 5.75 Å². The highest BCUT2D eigenvalue weighted by molar-refractivity contribution is 6.05. The number of hydrogen-bond donors (Lipinski definition) is 2. The van der Waals surface area contributed by atoms with Gasteiger partial charge in [-0.2, -0.15) is 0 Å². The standard InChI is InChI=1S/C22H20N2O3/c1-2-27-20-14-8-17(9-15-20)22(26)24-19-12-10-18(11-13-19)23-21(25)16-6-4-3-5-7-16/h3-15H,2H2,1H3,(H,23,25)(H,24,26). The molecule has 0 aliphatic carbocycles. The van der Waals surface area contributed by atoms with Crippen molar-refractivity contribution in [1.82, 2.24) is 0 Å². The molecule has 0 saturated carbocycles. The molecule has 136 valence electrons. The van der Waals surface area contributed by atoms with Crippen LogP contribution in [0, 0.1) is 0 Å². The first kappa shape index (κ1) is 18.2. The molecular weight excluding hydrogens is 340 g/mol. The van der Waals surface area contributed by atoms with E-state index in [0.29, 0.717) is 29.1 Å². The van der Waals surface area contributed by atoms with Gasteiger partial charge < -0.3 is 15.4 Å². The second kappa shape index (κ2) is 8.67. The fourth-order valence-electron chi connectivity index (χ4n) is 2.50. The molecule has 0 heterocycles. The third-order valence-electron chi connectivity index (χ3n) is 3.86. The van der Waals surface area contributed by atoms with Crippen molar-refractivity contribution in [1.29, 1.82) is 0 Å². The average molecular weight is 360 g/mol. The summed E-state index contributed by atoms with van der Waals surface area (Å²) in [5.41, 5.74) is 2.43. The molecule has 0 aliphatic heterocycles. The van der Waals surface area contributed by atoms with Crippen LogP contribution in [0.3, 0.4) is 0 Å². The molecule has 3 rings (SSSR count). The molecule has 0 spiro atoms. The minimum atomic E-state index is -0.209. The molecule has 5 heteroatoms. The van der Waals surface area contributed by atoms with E-state index < -0.39 is 0 Å². The van der Waals surface area contributed by atoms with Crippen LogP contribution in [-0.2, 0) is 0 Å². The van der Waals surface area contributed by atoms with Crippen molar-refractivity contribution in [2.24, 2.45) is 0 Å². The monoisotopic (exact) mass is 360 g/mol. The Kier molecular flexibility index (Phi) is 5.84. The molecule has 3 aromatic rings. The van der Waals surface area contributed by atoms with Crippen molar-refractivity contribution in [3.63, 3.8) is 0 Å². The lowest BCUT2D eigenvalue weighted by Gasteiger charge is -2.09. The van der Waals surface area contributed by atoms with Crippen LogP contribution in [0.1, 0.15) is 27.6 Å². The van der Waals surface area contributed by atoms with Crippen molar-refractivity contribution in [3.8, 4) is 5.75 Å². The first-order valence-electron chi connectivity index (χ1n) is 8.66. The SMILES string of the molecule is CCOc1ccc(C(=O)Nc2ccc(NC(=O)c3ccccc3)cc2)cc1. The Morgan fingerprint density at radius 2 is 1.19 bits per heavy atom. The molecule has 5 nitrogen and oxygen atoms in total. The predicted octanol–water partition coefficient (Wildman–Crippen LogP) is 4.59. The number of anilines is 2. The van der Waals surface area contributed by atoms with E-state index in [-0.39, 0.29) is 11.8 Å². The molecule has 2 amide bonds. The Morgan fingerprint density at radius 1 is 0.704 bits per heavy atom. The van der Waals surface area contributed by atoms with Crippen LogP contribution in [0.4, 0.5) is 11.4 Å². The van der Waals surface area contributed by atoms with Crippen molar-refractivity contribution in [2.45, 2.75) is 6.92 Å². The van der Waals surface area contributed by atoms with Gasteiger partial charge in [-0.3, -0.25) is 9.59 Å². The van der Waals surface area contributed by atoms with Crippen LogP contribution >= 0.6 is 0 Å². The smallest absolute Gasteiger partial charge is 0.255 e. The van der Waals surface area contributed by atoms with Crippen molar-refractivity contribution < 1.29 is 14.3 Å². The van der Waals surface area contributed by atoms with E-state index in [4.69, 9.17) is 4.74 Å². The summed E-state index contributed by atoms with van der Waals surface area (Å²) >= 11 is 0. The lowest BCUT2D eigenvalue weighted by molar-refractivity contribution is 0.101. The van der Waals surface area contributed by atoms with Crippen molar-refractivity contribution >= 4 is 23.2 Å². The Morgan fingerprint density at radius 3 is 1.67 bits per heavy atom. The minimum absolute atomic E-state index is 0.179. The summed E-state index contributed by atoms with van der Waals surface area (Å²) in [7, 11) is 0. The molecule has 0 radical (unpaired) electrons. The van der Waals surface area contributed by atoms with Crippen molar-refractivity contribution in [2.75, 3.05) is 17.2 Å². The van der Waals surface area contributed by atoms with Gasteiger partial charge in [0.2, 0.25) is 0 Å². The largest absolute Gasteiger partial charge is 0.494 e. The fourth-order valence-corrected chi connectivity index (χ4v) is 2.50. The number of benzene rings is 3. The van der Waals surface area contributed by atoms with Crippen LogP contribution in [-0.4, -0.2) is 18.4 Å². The minimum Gasteiger partial charge on any atom is -0.494 e. The van der Waals surface area contributed by atoms with Crippen LogP contribution in [0.25, 0.3) is 0 Å². The second-order valence-electron chi connectivity index (χ2n) is 5.81. The van der Waals surface area contributed by atoms with Gasteiger partial charge in [-0.15, -0.1) is 0 Å². The van der Waals surface area contributed by atoms with Gasteiger partial charge in [0.05, 0.1) is 6.61 Å². The Hall–Kier alpha value is -3.60. The predicted molar refractivity (Wildman–Crippen MR) is 106 cm³/mol. The van der Waals surface area contributed by atoms with E-state index in [9.17, 15) is 9.59 Å². The van der Waals surface area contributed by atoms with Crippen LogP contribution in [0.2, 0.25) is 0 Å². The Balaban J connectivity index is 1.60. The maximum atomic E-state index is 12.3. The number of rotatable bonds is 6. The Bertz CT molecular complexity index is 905. The van der Waals surface area contributed by atoms with Gasteiger partial charge >= 0.3 is 0 Å². The zero-order valence-corrected chi connectivity index (χ0v) is 14.9. The number of hydrogen-bond acceptors (Lipinski definition) is 3. The summed E-state index contributed by atoms with van der Waals surface area (Å²) in [6.45, 7) is 2.49. The topological polar surface area (TPSA) is 67.4 Å². The van der Waals surface area contributed by atoms with E-state index >= 15 is 0 Å². The highest BCUT2D eigenvalue weighted by Gasteiger charge is 2.08. The maximum absolute atomic E-state index is 12.3. The summed E-state index contributed by atoms with van der Waals surface area (Å²) in [5.74, 6) is 0.341. The fraction of sp³-hybridized carbons (Fsp3) is 0.0909. The summed E-state index contributed by atoms with van der Waals surface area (Å²) in [6, 6.07) is 22.9. The van der Waals surface area contributed by atoms with E-state index in [1.807, 2.05) is 25.1 Å². The zero-order valence-electron chi connectivity index (χ0n) is 14.9. The lowest BCUT2D eigenvalue weighted by atomic mass is 10.2. The molecule has 27 heavy (non-hydrogen) atoms. The molecule has 0 atom stereocenters. The van der Waals surface area contributed by atoms with Gasteiger partial charge in [-0.05, 0) is 67.6 Å². The van der Waals surface area contributed by atoms with E-state index in [2.05, 4.69) is 10.6 Å². The first-order chi connectivity index (χ1) is 13.2. The molecule has 3 aromatic carbocycles. The van der Waals surface area contributed by atoms with Crippen LogP contribution < -0.4 is 15.4 Å². The van der Waals surface area contributed by atoms with Gasteiger partial charge in [-0.25, -0.2) is 0 Å². The van der Waals surface area contributed by atoms with E-state index in [0.717, 1.165) is 5.75 Å². The number of carbonyl (C=O) groups is 2. The van der Waals surface area contributed by atoms with E-state index in [1.165, 1.54) is 0 Å². The maximum Gasteiger partial charge on any atom is 0.255 e. The summed E-state index contributed by atoms with van der Waals surface area (Å²) in [4.78, 5) is 24.5. The molecule has 0 aliphatic rings. The number of ether oxygens (including phenoxy) is 1.